The number of halogens is 3. The van der Waals surface area contributed by atoms with E-state index in [0.717, 1.165) is 12.1 Å². The Balaban J connectivity index is 3.19. The highest BCUT2D eigenvalue weighted by molar-refractivity contribution is 6.02. The molecule has 1 rings (SSSR count). The number of benzene rings is 1. The van der Waals surface area contributed by atoms with Gasteiger partial charge in [-0.05, 0) is 12.1 Å². The molecule has 0 atom stereocenters. The van der Waals surface area contributed by atoms with Gasteiger partial charge in [-0.3, -0.25) is 16.0 Å². The van der Waals surface area contributed by atoms with Crippen molar-refractivity contribution in [2.75, 3.05) is 16.0 Å². The van der Waals surface area contributed by atoms with E-state index in [0.29, 0.717) is 0 Å². The van der Waals surface area contributed by atoms with Gasteiger partial charge in [-0.15, -0.1) is 13.2 Å². The van der Waals surface area contributed by atoms with E-state index in [-0.39, 0.29) is 5.69 Å². The minimum absolute atomic E-state index is 0.379. The lowest BCUT2D eigenvalue weighted by Crippen LogP contribution is -2.13. The van der Waals surface area contributed by atoms with Crippen molar-refractivity contribution in [3.8, 4) is 0 Å². The smallest absolute Gasteiger partial charge is 0.296 e. The maximum atomic E-state index is 12.2. The van der Waals surface area contributed by atoms with Gasteiger partial charge in [0.05, 0.1) is 17.1 Å². The molecule has 0 unspecified atom stereocenters. The Morgan fingerprint density at radius 3 is 2.00 bits per heavy atom. The average molecular weight is 260 g/mol. The van der Waals surface area contributed by atoms with E-state index in [4.69, 9.17) is 0 Å². The molecule has 3 amide bonds. The first-order chi connectivity index (χ1) is 8.40. The van der Waals surface area contributed by atoms with Gasteiger partial charge in [0.1, 0.15) is 0 Å². The number of anilines is 3. The summed E-state index contributed by atoms with van der Waals surface area (Å²) in [4.78, 5) is 30.7. The van der Waals surface area contributed by atoms with Gasteiger partial charge in [-0.2, -0.15) is 0 Å². The lowest BCUT2D eigenvalue weighted by molar-refractivity contribution is 0.233. The first-order valence-electron chi connectivity index (χ1n) is 4.34. The van der Waals surface area contributed by atoms with Crippen LogP contribution in [0.3, 0.4) is 0 Å². The van der Waals surface area contributed by atoms with E-state index in [9.17, 15) is 27.6 Å². The Bertz CT molecular complexity index is 473. The van der Waals surface area contributed by atoms with Gasteiger partial charge >= 0.3 is 18.5 Å². The van der Waals surface area contributed by atoms with Gasteiger partial charge in [0.25, 0.3) is 0 Å². The quantitative estimate of drug-likeness (QED) is 0.576. The molecule has 0 bridgehead atoms. The molecule has 0 saturated heterocycles. The molecule has 1 aromatic rings. The van der Waals surface area contributed by atoms with E-state index in [1.807, 2.05) is 0 Å². The van der Waals surface area contributed by atoms with Crippen LogP contribution in [0, 0.1) is 6.07 Å². The van der Waals surface area contributed by atoms with E-state index in [2.05, 4.69) is 6.07 Å². The van der Waals surface area contributed by atoms with Crippen molar-refractivity contribution in [3.63, 3.8) is 0 Å². The normalized spacial score (nSPS) is 9.50. The number of hydrogen-bond donors (Lipinski definition) is 3. The van der Waals surface area contributed by atoms with Crippen molar-refractivity contribution in [3.05, 3.63) is 18.2 Å². The molecule has 0 aliphatic carbocycles. The molecular weight excluding hydrogens is 255 g/mol. The van der Waals surface area contributed by atoms with E-state index in [1.165, 1.54) is 0 Å². The summed E-state index contributed by atoms with van der Waals surface area (Å²) in [6, 6.07) is 4.40. The third-order valence-electron chi connectivity index (χ3n) is 1.68. The highest BCUT2D eigenvalue weighted by atomic mass is 19.1. The summed E-state index contributed by atoms with van der Waals surface area (Å²) in [6.07, 6.45) is -6.06. The standard InChI is InChI=1S/C9H5F3N3O3/c10-7(16)13-4-2-1-3-5(14-8(11)17)6(4)15-9(12)18/h1-2H,(H,13,16)(H,14,17)(H,15,18). The number of amides is 3. The largest absolute Gasteiger partial charge is 0.402 e. The molecule has 0 spiro atoms. The van der Waals surface area contributed by atoms with E-state index < -0.39 is 29.9 Å². The van der Waals surface area contributed by atoms with Crippen LogP contribution in [-0.2, 0) is 0 Å². The van der Waals surface area contributed by atoms with Crippen molar-refractivity contribution in [1.82, 2.24) is 0 Å². The van der Waals surface area contributed by atoms with Crippen LogP contribution in [0.25, 0.3) is 0 Å². The fraction of sp³-hybridized carbons (Fsp3) is 0. The minimum atomic E-state index is -2.06. The summed E-state index contributed by atoms with van der Waals surface area (Å²) in [7, 11) is 0. The first kappa shape index (κ1) is 13.5. The zero-order valence-electron chi connectivity index (χ0n) is 8.51. The Labute approximate surface area is 98.2 Å². The van der Waals surface area contributed by atoms with E-state index in [1.54, 1.807) is 16.0 Å². The van der Waals surface area contributed by atoms with Gasteiger partial charge in [-0.25, -0.2) is 14.4 Å². The van der Waals surface area contributed by atoms with Gasteiger partial charge in [0.2, 0.25) is 0 Å². The van der Waals surface area contributed by atoms with Crippen molar-refractivity contribution in [2.24, 2.45) is 0 Å². The van der Waals surface area contributed by atoms with Gasteiger partial charge in [-0.1, -0.05) is 0 Å². The topological polar surface area (TPSA) is 87.3 Å². The molecular formula is C9H5F3N3O3. The second-order valence-corrected chi connectivity index (χ2v) is 2.84. The summed E-state index contributed by atoms with van der Waals surface area (Å²) < 4.78 is 36.6. The summed E-state index contributed by atoms with van der Waals surface area (Å²) in [5.74, 6) is 0. The monoisotopic (exact) mass is 260 g/mol. The Morgan fingerprint density at radius 2 is 1.50 bits per heavy atom. The Hall–Kier alpha value is -2.58. The van der Waals surface area contributed by atoms with Crippen LogP contribution in [-0.4, -0.2) is 18.5 Å². The Morgan fingerprint density at radius 1 is 0.944 bits per heavy atom. The first-order valence-corrected chi connectivity index (χ1v) is 4.34. The number of hydrogen-bond acceptors (Lipinski definition) is 3. The van der Waals surface area contributed by atoms with E-state index >= 15 is 0 Å². The van der Waals surface area contributed by atoms with Crippen molar-refractivity contribution in [2.45, 2.75) is 0 Å². The predicted octanol–water partition coefficient (Wildman–Crippen LogP) is 2.99. The third kappa shape index (κ3) is 3.77. The summed E-state index contributed by atoms with van der Waals surface area (Å²) in [6.45, 7) is 0. The summed E-state index contributed by atoms with van der Waals surface area (Å²) in [5, 5.41) is 4.74. The molecule has 1 radical (unpaired) electrons. The van der Waals surface area contributed by atoms with Crippen LogP contribution < -0.4 is 16.0 Å². The molecule has 1 aromatic carbocycles. The molecule has 0 saturated carbocycles. The lowest BCUT2D eigenvalue weighted by Gasteiger charge is -2.12. The highest BCUT2D eigenvalue weighted by Crippen LogP contribution is 2.30. The number of carbonyl (C=O) groups excluding carboxylic acids is 3. The maximum absolute atomic E-state index is 12.2. The highest BCUT2D eigenvalue weighted by Gasteiger charge is 2.15. The molecule has 0 aliphatic rings. The van der Waals surface area contributed by atoms with Crippen LogP contribution in [0.5, 0.6) is 0 Å². The molecule has 0 aromatic heterocycles. The van der Waals surface area contributed by atoms with Crippen LogP contribution in [0.15, 0.2) is 12.1 Å². The fourth-order valence-electron chi connectivity index (χ4n) is 1.13. The van der Waals surface area contributed by atoms with Crippen LogP contribution in [0.1, 0.15) is 0 Å². The second kappa shape index (κ2) is 5.66. The number of nitrogens with one attached hydrogen (secondary N) is 3. The van der Waals surface area contributed by atoms with Crippen LogP contribution >= 0.6 is 0 Å². The Kier molecular flexibility index (Phi) is 4.24. The number of carbonyl (C=O) groups is 3. The lowest BCUT2D eigenvalue weighted by atomic mass is 10.2. The molecule has 9 heteroatoms. The molecule has 18 heavy (non-hydrogen) atoms. The summed E-state index contributed by atoms with van der Waals surface area (Å²) in [5.41, 5.74) is -1.39. The number of rotatable bonds is 3. The molecule has 3 N–H and O–H groups in total. The van der Waals surface area contributed by atoms with Gasteiger partial charge in [0, 0.05) is 6.07 Å². The van der Waals surface area contributed by atoms with Crippen molar-refractivity contribution >= 4 is 35.5 Å². The van der Waals surface area contributed by atoms with Crippen molar-refractivity contribution < 1.29 is 27.6 Å². The fourth-order valence-corrected chi connectivity index (χ4v) is 1.13. The van der Waals surface area contributed by atoms with Crippen LogP contribution in [0.2, 0.25) is 0 Å². The zero-order chi connectivity index (χ0) is 13.7. The minimum Gasteiger partial charge on any atom is -0.296 e. The SMILES string of the molecule is O=C(F)Nc1[c]ccc(NC(=O)F)c1NC(=O)F. The van der Waals surface area contributed by atoms with Crippen molar-refractivity contribution in [1.29, 1.82) is 0 Å². The molecule has 0 aliphatic heterocycles. The predicted molar refractivity (Wildman–Crippen MR) is 55.7 cm³/mol. The molecule has 95 valence electrons. The van der Waals surface area contributed by atoms with Gasteiger partial charge < -0.3 is 0 Å². The zero-order valence-corrected chi connectivity index (χ0v) is 8.51. The molecule has 0 heterocycles. The third-order valence-corrected chi connectivity index (χ3v) is 1.68. The van der Waals surface area contributed by atoms with Gasteiger partial charge in [0.15, 0.2) is 0 Å². The summed E-state index contributed by atoms with van der Waals surface area (Å²) >= 11 is 0. The average Bonchev–Trinajstić information content (AvgIpc) is 2.20. The maximum Gasteiger partial charge on any atom is 0.402 e. The van der Waals surface area contributed by atoms with Crippen LogP contribution in [0.4, 0.5) is 44.6 Å². The molecule has 0 fully saturated rings. The second-order valence-electron chi connectivity index (χ2n) is 2.84. The molecule has 6 nitrogen and oxygen atoms in total.